The Morgan fingerprint density at radius 1 is 0.950 bits per heavy atom. The molecular formula is C33H35NO6. The number of aliphatic hydroxyl groups excluding tert-OH is 1. The number of carbonyl (C=O) groups excluding carboxylic acids is 3. The number of methoxy groups -OCH3 is 1. The lowest BCUT2D eigenvalue weighted by atomic mass is 9.85. The van der Waals surface area contributed by atoms with Gasteiger partial charge in [0, 0.05) is 11.3 Å². The zero-order valence-electron chi connectivity index (χ0n) is 23.7. The second-order valence-electron chi connectivity index (χ2n) is 11.3. The molecule has 0 radical (unpaired) electrons. The van der Waals surface area contributed by atoms with Crippen LogP contribution in [0.25, 0.3) is 5.76 Å². The van der Waals surface area contributed by atoms with Crippen LogP contribution in [0, 0.1) is 5.92 Å². The summed E-state index contributed by atoms with van der Waals surface area (Å²) in [6.45, 7) is 10.9. The van der Waals surface area contributed by atoms with Crippen molar-refractivity contribution >= 4 is 29.1 Å². The number of rotatable bonds is 7. The van der Waals surface area contributed by atoms with E-state index in [0.717, 1.165) is 5.56 Å². The Morgan fingerprint density at radius 2 is 1.60 bits per heavy atom. The van der Waals surface area contributed by atoms with E-state index in [2.05, 4.69) is 20.8 Å². The Hall–Kier alpha value is -4.39. The standard InChI is InChI=1S/C33H35NO6/c1-20(2)19-40-26-12-8-9-22(18-26)29(35)27-28(21-13-15-24(16-14-21)33(3,4)5)34(31(37)30(27)36)25-11-7-10-23(17-25)32(38)39-6/h7-18,20,28,35H,19H2,1-6H3/b29-27+. The van der Waals surface area contributed by atoms with Crippen molar-refractivity contribution in [3.8, 4) is 5.75 Å². The molecule has 0 saturated carbocycles. The summed E-state index contributed by atoms with van der Waals surface area (Å²) in [5.74, 6) is -1.64. The first-order valence-electron chi connectivity index (χ1n) is 13.3. The van der Waals surface area contributed by atoms with E-state index >= 15 is 0 Å². The van der Waals surface area contributed by atoms with E-state index < -0.39 is 23.7 Å². The predicted octanol–water partition coefficient (Wildman–Crippen LogP) is 6.43. The molecule has 1 N–H and O–H groups in total. The number of anilines is 1. The quantitative estimate of drug-likeness (QED) is 0.160. The molecule has 1 aliphatic heterocycles. The first-order chi connectivity index (χ1) is 18.9. The maximum absolute atomic E-state index is 13.6. The average molecular weight is 542 g/mol. The van der Waals surface area contributed by atoms with Crippen molar-refractivity contribution in [2.45, 2.75) is 46.1 Å². The molecule has 7 nitrogen and oxygen atoms in total. The van der Waals surface area contributed by atoms with Crippen LogP contribution in [0.2, 0.25) is 0 Å². The van der Waals surface area contributed by atoms with Gasteiger partial charge in [-0.25, -0.2) is 4.79 Å². The van der Waals surface area contributed by atoms with E-state index in [1.165, 1.54) is 18.1 Å². The molecule has 0 aliphatic carbocycles. The second kappa shape index (κ2) is 11.4. The minimum Gasteiger partial charge on any atom is -0.507 e. The summed E-state index contributed by atoms with van der Waals surface area (Å²) in [4.78, 5) is 40.7. The van der Waals surface area contributed by atoms with Crippen molar-refractivity contribution in [1.82, 2.24) is 0 Å². The first-order valence-corrected chi connectivity index (χ1v) is 13.3. The third-order valence-corrected chi connectivity index (χ3v) is 6.77. The van der Waals surface area contributed by atoms with Crippen LogP contribution >= 0.6 is 0 Å². The molecule has 4 rings (SSSR count). The molecule has 7 heteroatoms. The molecule has 208 valence electrons. The lowest BCUT2D eigenvalue weighted by Gasteiger charge is -2.27. The van der Waals surface area contributed by atoms with Gasteiger partial charge in [-0.1, -0.05) is 77.1 Å². The number of aliphatic hydroxyl groups is 1. The van der Waals surface area contributed by atoms with Crippen LogP contribution in [0.1, 0.15) is 67.7 Å². The van der Waals surface area contributed by atoms with E-state index in [9.17, 15) is 19.5 Å². The highest BCUT2D eigenvalue weighted by Crippen LogP contribution is 2.43. The molecule has 1 atom stereocenters. The molecule has 1 amide bonds. The van der Waals surface area contributed by atoms with E-state index in [1.54, 1.807) is 42.5 Å². The van der Waals surface area contributed by atoms with Gasteiger partial charge in [-0.2, -0.15) is 0 Å². The molecule has 1 fully saturated rings. The van der Waals surface area contributed by atoms with Gasteiger partial charge in [-0.05, 0) is 52.8 Å². The summed E-state index contributed by atoms with van der Waals surface area (Å²) in [5, 5.41) is 11.5. The number of amides is 1. The number of ether oxygens (including phenoxy) is 2. The average Bonchev–Trinajstić information content (AvgIpc) is 3.20. The van der Waals surface area contributed by atoms with Gasteiger partial charge in [0.05, 0.1) is 30.9 Å². The zero-order chi connectivity index (χ0) is 29.2. The van der Waals surface area contributed by atoms with Gasteiger partial charge in [0.1, 0.15) is 11.5 Å². The number of hydrogen-bond donors (Lipinski definition) is 1. The predicted molar refractivity (Wildman–Crippen MR) is 154 cm³/mol. The maximum atomic E-state index is 13.6. The second-order valence-corrected chi connectivity index (χ2v) is 11.3. The smallest absolute Gasteiger partial charge is 0.337 e. The molecule has 1 aliphatic rings. The summed E-state index contributed by atoms with van der Waals surface area (Å²) in [5.41, 5.74) is 2.50. The van der Waals surface area contributed by atoms with Crippen molar-refractivity contribution in [3.63, 3.8) is 0 Å². The van der Waals surface area contributed by atoms with Crippen LogP contribution < -0.4 is 9.64 Å². The van der Waals surface area contributed by atoms with E-state index in [1.807, 2.05) is 38.1 Å². The number of hydrogen-bond acceptors (Lipinski definition) is 6. The lowest BCUT2D eigenvalue weighted by Crippen LogP contribution is -2.29. The lowest BCUT2D eigenvalue weighted by molar-refractivity contribution is -0.132. The van der Waals surface area contributed by atoms with Gasteiger partial charge in [-0.15, -0.1) is 0 Å². The monoisotopic (exact) mass is 541 g/mol. The van der Waals surface area contributed by atoms with Gasteiger partial charge in [0.25, 0.3) is 11.7 Å². The topological polar surface area (TPSA) is 93.1 Å². The van der Waals surface area contributed by atoms with Crippen molar-refractivity contribution in [1.29, 1.82) is 0 Å². The van der Waals surface area contributed by atoms with E-state index in [-0.39, 0.29) is 22.3 Å². The Balaban J connectivity index is 1.89. The van der Waals surface area contributed by atoms with Crippen LogP contribution in [0.3, 0.4) is 0 Å². The number of ketones is 1. The molecule has 3 aromatic rings. The van der Waals surface area contributed by atoms with E-state index in [0.29, 0.717) is 35.1 Å². The number of nitrogens with zero attached hydrogens (tertiary/aromatic N) is 1. The van der Waals surface area contributed by atoms with Crippen molar-refractivity contribution in [2.24, 2.45) is 5.92 Å². The summed E-state index contributed by atoms with van der Waals surface area (Å²) in [6.07, 6.45) is 0. The van der Waals surface area contributed by atoms with E-state index in [4.69, 9.17) is 9.47 Å². The van der Waals surface area contributed by atoms with Crippen LogP contribution in [0.15, 0.2) is 78.4 Å². The zero-order valence-corrected chi connectivity index (χ0v) is 23.7. The first kappa shape index (κ1) is 28.6. The molecule has 1 heterocycles. The Labute approximate surface area is 235 Å². The Bertz CT molecular complexity index is 1460. The molecule has 0 bridgehead atoms. The number of carbonyl (C=O) groups is 3. The van der Waals surface area contributed by atoms with Crippen LogP contribution in [0.4, 0.5) is 5.69 Å². The fourth-order valence-electron chi connectivity index (χ4n) is 4.63. The molecule has 40 heavy (non-hydrogen) atoms. The fraction of sp³-hybridized carbons (Fsp3) is 0.303. The highest BCUT2D eigenvalue weighted by Gasteiger charge is 2.47. The number of benzene rings is 3. The molecule has 3 aromatic carbocycles. The molecule has 0 aromatic heterocycles. The van der Waals surface area contributed by atoms with Crippen molar-refractivity contribution < 1.29 is 29.0 Å². The molecule has 1 saturated heterocycles. The van der Waals surface area contributed by atoms with Crippen molar-refractivity contribution in [2.75, 3.05) is 18.6 Å². The summed E-state index contributed by atoms with van der Waals surface area (Å²) >= 11 is 0. The van der Waals surface area contributed by atoms with Crippen LogP contribution in [-0.4, -0.2) is 36.5 Å². The fourth-order valence-corrected chi connectivity index (χ4v) is 4.63. The SMILES string of the molecule is COC(=O)c1cccc(N2C(=O)C(=O)/C(=C(/O)c3cccc(OCC(C)C)c3)C2c2ccc(C(C)(C)C)cc2)c1. The molecule has 1 unspecified atom stereocenters. The van der Waals surface area contributed by atoms with Gasteiger partial charge in [0.15, 0.2) is 0 Å². The third-order valence-electron chi connectivity index (χ3n) is 6.77. The summed E-state index contributed by atoms with van der Waals surface area (Å²) < 4.78 is 10.7. The van der Waals surface area contributed by atoms with Gasteiger partial charge >= 0.3 is 5.97 Å². The summed E-state index contributed by atoms with van der Waals surface area (Å²) in [6, 6.07) is 19.9. The highest BCUT2D eigenvalue weighted by atomic mass is 16.5. The number of esters is 1. The number of Topliss-reactive ketones (excluding diaryl/α,β-unsaturated/α-hetero) is 1. The van der Waals surface area contributed by atoms with Gasteiger partial charge in [-0.3, -0.25) is 14.5 Å². The minimum atomic E-state index is -0.929. The minimum absolute atomic E-state index is 0.0435. The largest absolute Gasteiger partial charge is 0.507 e. The Kier molecular flexibility index (Phi) is 8.14. The van der Waals surface area contributed by atoms with Gasteiger partial charge < -0.3 is 14.6 Å². The van der Waals surface area contributed by atoms with Crippen LogP contribution in [-0.2, 0) is 19.7 Å². The molecular weight excluding hydrogens is 506 g/mol. The maximum Gasteiger partial charge on any atom is 0.337 e. The normalized spacial score (nSPS) is 16.9. The summed E-state index contributed by atoms with van der Waals surface area (Å²) in [7, 11) is 1.27. The highest BCUT2D eigenvalue weighted by molar-refractivity contribution is 6.51. The molecule has 0 spiro atoms. The van der Waals surface area contributed by atoms with Crippen LogP contribution in [0.5, 0.6) is 5.75 Å². The van der Waals surface area contributed by atoms with Gasteiger partial charge in [0.2, 0.25) is 0 Å². The van der Waals surface area contributed by atoms with Crippen molar-refractivity contribution in [3.05, 3.63) is 101 Å². The third kappa shape index (κ3) is 5.78. The Morgan fingerprint density at radius 3 is 2.23 bits per heavy atom.